The molecule has 220 valence electrons. The molecule has 4 aromatic rings. The fraction of sp³-hybridized carbons (Fsp3) is 0.214. The molecule has 0 unspecified atom stereocenters. The topological polar surface area (TPSA) is 93.1 Å². The number of nitrogens with zero attached hydrogens (tertiary/aromatic N) is 3. The van der Waals surface area contributed by atoms with E-state index in [1.807, 2.05) is 24.3 Å². The minimum Gasteiger partial charge on any atom is -0.426 e. The van der Waals surface area contributed by atoms with E-state index in [1.54, 1.807) is 24.3 Å². The minimum absolute atomic E-state index is 0.166. The first-order valence-electron chi connectivity index (χ1n) is 12.5. The standard InChI is InChI=1S/C28H25F5N6O2S/c1-17(2)22-5-3-4-6-23(22)36-26(42)37-25(40)34-15-18-7-9-19(10-8-18)24-35-16-39(38-24)20-11-13-21(14-12-20)41-28(32,33)27(29,30)31/h3-14,16-17H,15H2,1-2H3,(H3,34,36,37,40,42). The molecule has 1 heterocycles. The summed E-state index contributed by atoms with van der Waals surface area (Å²) in [6, 6.07) is 18.8. The first kappa shape index (κ1) is 30.4. The molecule has 3 N–H and O–H groups in total. The molecular weight excluding hydrogens is 579 g/mol. The van der Waals surface area contributed by atoms with Crippen molar-refractivity contribution in [3.8, 4) is 22.8 Å². The van der Waals surface area contributed by atoms with Gasteiger partial charge >= 0.3 is 18.3 Å². The molecule has 0 radical (unpaired) electrons. The largest absolute Gasteiger partial charge is 0.499 e. The summed E-state index contributed by atoms with van der Waals surface area (Å²) in [5, 5.41) is 12.9. The van der Waals surface area contributed by atoms with Crippen LogP contribution in [0.5, 0.6) is 5.75 Å². The lowest BCUT2D eigenvalue weighted by atomic mass is 10.0. The van der Waals surface area contributed by atoms with Crippen LogP contribution in [0.4, 0.5) is 32.4 Å². The van der Waals surface area contributed by atoms with Gasteiger partial charge in [0.15, 0.2) is 10.9 Å². The summed E-state index contributed by atoms with van der Waals surface area (Å²) in [6.45, 7) is 4.35. The number of hydrogen-bond acceptors (Lipinski definition) is 5. The molecule has 0 aliphatic heterocycles. The van der Waals surface area contributed by atoms with Crippen LogP contribution in [0.2, 0.25) is 0 Å². The van der Waals surface area contributed by atoms with Crippen LogP contribution in [-0.2, 0) is 6.54 Å². The predicted octanol–water partition coefficient (Wildman–Crippen LogP) is 6.79. The van der Waals surface area contributed by atoms with Crippen LogP contribution >= 0.6 is 12.2 Å². The summed E-state index contributed by atoms with van der Waals surface area (Å²) < 4.78 is 68.4. The van der Waals surface area contributed by atoms with Gasteiger partial charge in [0.25, 0.3) is 0 Å². The molecule has 14 heteroatoms. The second kappa shape index (κ2) is 12.5. The van der Waals surface area contributed by atoms with Gasteiger partial charge in [-0.2, -0.15) is 22.0 Å². The van der Waals surface area contributed by atoms with Crippen LogP contribution in [0.3, 0.4) is 0 Å². The molecular formula is C28H25F5N6O2S. The summed E-state index contributed by atoms with van der Waals surface area (Å²) in [7, 11) is 0. The second-order valence-corrected chi connectivity index (χ2v) is 9.73. The molecule has 0 saturated carbocycles. The first-order valence-corrected chi connectivity index (χ1v) is 12.9. The molecule has 1 aromatic heterocycles. The zero-order valence-electron chi connectivity index (χ0n) is 22.2. The summed E-state index contributed by atoms with van der Waals surface area (Å²) >= 11 is 5.26. The number of anilines is 1. The average Bonchev–Trinajstić information content (AvgIpc) is 3.42. The summed E-state index contributed by atoms with van der Waals surface area (Å²) in [5.74, 6) is -0.0417. The molecule has 8 nitrogen and oxygen atoms in total. The normalized spacial score (nSPS) is 11.7. The second-order valence-electron chi connectivity index (χ2n) is 9.32. The van der Waals surface area contributed by atoms with E-state index in [4.69, 9.17) is 12.2 Å². The van der Waals surface area contributed by atoms with Gasteiger partial charge < -0.3 is 15.4 Å². The number of amides is 2. The lowest BCUT2D eigenvalue weighted by Gasteiger charge is -2.20. The number of rotatable bonds is 8. The third kappa shape index (κ3) is 7.57. The van der Waals surface area contributed by atoms with E-state index in [9.17, 15) is 26.7 Å². The number of aromatic nitrogens is 3. The highest BCUT2D eigenvalue weighted by Gasteiger charge is 2.61. The van der Waals surface area contributed by atoms with Crippen LogP contribution < -0.4 is 20.7 Å². The van der Waals surface area contributed by atoms with Crippen molar-refractivity contribution in [1.29, 1.82) is 0 Å². The van der Waals surface area contributed by atoms with Gasteiger partial charge in [0.2, 0.25) is 0 Å². The van der Waals surface area contributed by atoms with Crippen molar-refractivity contribution in [3.63, 3.8) is 0 Å². The SMILES string of the molecule is CC(C)c1ccccc1NC(=S)NC(=O)NCc1ccc(-c2ncn(-c3ccc(OC(F)(F)C(F)(F)F)cc3)n2)cc1. The number of para-hydroxylation sites is 1. The van der Waals surface area contributed by atoms with Gasteiger partial charge in [-0.1, -0.05) is 56.3 Å². The van der Waals surface area contributed by atoms with E-state index in [0.717, 1.165) is 28.9 Å². The maximum Gasteiger partial charge on any atom is 0.499 e. The highest BCUT2D eigenvalue weighted by molar-refractivity contribution is 7.80. The number of hydrogen-bond donors (Lipinski definition) is 3. The lowest BCUT2D eigenvalue weighted by Crippen LogP contribution is -2.41. The van der Waals surface area contributed by atoms with Crippen molar-refractivity contribution in [1.82, 2.24) is 25.4 Å². The van der Waals surface area contributed by atoms with E-state index < -0.39 is 24.1 Å². The Morgan fingerprint density at radius 3 is 2.29 bits per heavy atom. The monoisotopic (exact) mass is 604 g/mol. The van der Waals surface area contributed by atoms with Crippen molar-refractivity contribution in [2.75, 3.05) is 5.32 Å². The number of carbonyl (C=O) groups is 1. The van der Waals surface area contributed by atoms with E-state index in [1.165, 1.54) is 23.1 Å². The molecule has 3 aromatic carbocycles. The zero-order chi connectivity index (χ0) is 30.5. The Hall–Kier alpha value is -4.59. The van der Waals surface area contributed by atoms with Gasteiger partial charge in [-0.05, 0) is 59.6 Å². The van der Waals surface area contributed by atoms with E-state index in [-0.39, 0.29) is 17.6 Å². The number of urea groups is 1. The Morgan fingerprint density at radius 2 is 1.64 bits per heavy atom. The molecule has 0 saturated heterocycles. The highest BCUT2D eigenvalue weighted by atomic mass is 32.1. The number of halogens is 5. The van der Waals surface area contributed by atoms with Gasteiger partial charge in [0.05, 0.1) is 5.69 Å². The number of carbonyl (C=O) groups excluding carboxylic acids is 1. The molecule has 0 aliphatic rings. The smallest absolute Gasteiger partial charge is 0.426 e. The van der Waals surface area contributed by atoms with Gasteiger partial charge in [-0.3, -0.25) is 5.32 Å². The summed E-state index contributed by atoms with van der Waals surface area (Å²) in [5.41, 5.74) is 3.70. The van der Waals surface area contributed by atoms with Crippen LogP contribution in [-0.4, -0.2) is 38.2 Å². The predicted molar refractivity (Wildman–Crippen MR) is 151 cm³/mol. The van der Waals surface area contributed by atoms with E-state index in [2.05, 4.69) is 44.6 Å². The fourth-order valence-corrected chi connectivity index (χ4v) is 3.96. The average molecular weight is 605 g/mol. The van der Waals surface area contributed by atoms with Crippen LogP contribution in [0.15, 0.2) is 79.1 Å². The van der Waals surface area contributed by atoms with Crippen molar-refractivity contribution in [3.05, 3.63) is 90.3 Å². The van der Waals surface area contributed by atoms with Crippen LogP contribution in [0.1, 0.15) is 30.9 Å². The quantitative estimate of drug-likeness (QED) is 0.152. The minimum atomic E-state index is -5.84. The zero-order valence-corrected chi connectivity index (χ0v) is 23.1. The lowest BCUT2D eigenvalue weighted by molar-refractivity contribution is -0.360. The molecule has 0 spiro atoms. The van der Waals surface area contributed by atoms with Gasteiger partial charge in [-0.15, -0.1) is 5.10 Å². The number of alkyl halides is 5. The number of nitrogens with one attached hydrogen (secondary N) is 3. The van der Waals surface area contributed by atoms with E-state index >= 15 is 0 Å². The Morgan fingerprint density at radius 1 is 0.976 bits per heavy atom. The molecule has 0 bridgehead atoms. The molecule has 0 fully saturated rings. The van der Waals surface area contributed by atoms with Gasteiger partial charge in [0.1, 0.15) is 12.1 Å². The van der Waals surface area contributed by atoms with Crippen LogP contribution in [0, 0.1) is 0 Å². The first-order chi connectivity index (χ1) is 19.8. The Bertz CT molecular complexity index is 1540. The van der Waals surface area contributed by atoms with E-state index in [0.29, 0.717) is 17.1 Å². The Kier molecular flexibility index (Phi) is 9.05. The summed E-state index contributed by atoms with van der Waals surface area (Å²) in [6.07, 6.45) is -9.79. The van der Waals surface area contributed by atoms with Crippen LogP contribution in [0.25, 0.3) is 17.1 Å². The van der Waals surface area contributed by atoms with Crippen molar-refractivity contribution in [2.45, 2.75) is 38.6 Å². The maximum atomic E-state index is 13.1. The number of ether oxygens (including phenoxy) is 1. The highest BCUT2D eigenvalue weighted by Crippen LogP contribution is 2.37. The van der Waals surface area contributed by atoms with Crippen molar-refractivity contribution < 1.29 is 31.5 Å². The molecule has 42 heavy (non-hydrogen) atoms. The Labute approximate surface area is 242 Å². The number of thiocarbonyl (C=S) groups is 1. The molecule has 0 atom stereocenters. The van der Waals surface area contributed by atoms with Gasteiger partial charge in [0, 0.05) is 17.8 Å². The Balaban J connectivity index is 1.30. The van der Waals surface area contributed by atoms with Gasteiger partial charge in [-0.25, -0.2) is 14.5 Å². The summed E-state index contributed by atoms with van der Waals surface area (Å²) in [4.78, 5) is 16.5. The van der Waals surface area contributed by atoms with Crippen molar-refractivity contribution in [2.24, 2.45) is 0 Å². The number of benzene rings is 3. The molecule has 2 amide bonds. The molecule has 4 rings (SSSR count). The third-order valence-corrected chi connectivity index (χ3v) is 6.10. The molecule has 0 aliphatic carbocycles. The third-order valence-electron chi connectivity index (χ3n) is 5.89. The maximum absolute atomic E-state index is 13.1. The fourth-order valence-electron chi connectivity index (χ4n) is 3.76. The van der Waals surface area contributed by atoms with Crippen molar-refractivity contribution >= 4 is 29.0 Å².